The molecule has 4 aliphatic carbocycles. The summed E-state index contributed by atoms with van der Waals surface area (Å²) >= 11 is 0. The van der Waals surface area contributed by atoms with E-state index < -0.39 is 7.26 Å². The Bertz CT molecular complexity index is 237. The van der Waals surface area contributed by atoms with Crippen LogP contribution in [0.3, 0.4) is 0 Å². The minimum Gasteiger partial charge on any atom is -1.00 e. The molecule has 0 unspecified atom stereocenters. The molecule has 0 spiro atoms. The summed E-state index contributed by atoms with van der Waals surface area (Å²) in [4.78, 5) is 0. The maximum absolute atomic E-state index is 2.65. The van der Waals surface area contributed by atoms with Crippen LogP contribution in [-0.2, 0) is 0 Å². The number of hydrogen-bond acceptors (Lipinski definition) is 0. The van der Waals surface area contributed by atoms with Crippen LogP contribution in [0.2, 0.25) is 0 Å². The maximum Gasteiger partial charge on any atom is 0.0802 e. The molecule has 4 fully saturated rings. The van der Waals surface area contributed by atoms with Crippen molar-refractivity contribution in [3.63, 3.8) is 0 Å². The first-order chi connectivity index (χ1) is 7.05. The topological polar surface area (TPSA) is 0 Å². The molecule has 94 valence electrons. The first-order valence-corrected chi connectivity index (χ1v) is 9.74. The van der Waals surface area contributed by atoms with Crippen LogP contribution in [0.1, 0.15) is 45.4 Å². The van der Waals surface area contributed by atoms with Crippen molar-refractivity contribution in [2.75, 3.05) is 19.5 Å². The summed E-state index contributed by atoms with van der Waals surface area (Å²) < 4.78 is 0. The van der Waals surface area contributed by atoms with Crippen LogP contribution in [0.25, 0.3) is 0 Å². The summed E-state index contributed by atoms with van der Waals surface area (Å²) in [5, 5.41) is 0.858. The van der Waals surface area contributed by atoms with Crippen LogP contribution in [0.5, 0.6) is 0 Å². The largest absolute Gasteiger partial charge is 1.00 e. The fourth-order valence-electron chi connectivity index (χ4n) is 5.14. The Morgan fingerprint density at radius 2 is 1.31 bits per heavy atom. The minimum atomic E-state index is -0.623. The van der Waals surface area contributed by atoms with Crippen molar-refractivity contribution >= 4 is 7.26 Å². The van der Waals surface area contributed by atoms with Crippen molar-refractivity contribution in [2.45, 2.75) is 50.6 Å². The highest BCUT2D eigenvalue weighted by Crippen LogP contribution is 2.75. The Labute approximate surface area is 119 Å². The molecule has 16 heavy (non-hydrogen) atoms. The Kier molecular flexibility index (Phi) is 3.71. The fraction of sp³-hybridized carbons (Fsp3) is 1.00. The number of rotatable bonds is 2. The summed E-state index contributed by atoms with van der Waals surface area (Å²) in [6.07, 6.45) is 11.1. The van der Waals surface area contributed by atoms with E-state index in [1.54, 1.807) is 38.5 Å². The van der Waals surface area contributed by atoms with E-state index in [-0.39, 0.29) is 24.0 Å². The zero-order chi connectivity index (χ0) is 10.7. The zero-order valence-corrected chi connectivity index (χ0v) is 14.1. The highest BCUT2D eigenvalue weighted by Gasteiger charge is 2.60. The average Bonchev–Trinajstić information content (AvgIpc) is 2.15. The van der Waals surface area contributed by atoms with Gasteiger partial charge in [-0.25, -0.2) is 0 Å². The molecule has 4 rings (SSSR count). The molecule has 0 aromatic heterocycles. The van der Waals surface area contributed by atoms with Gasteiger partial charge in [0.1, 0.15) is 0 Å². The molecule has 0 saturated heterocycles. The van der Waals surface area contributed by atoms with Gasteiger partial charge in [-0.2, -0.15) is 0 Å². The molecule has 0 amide bonds. The SMILES string of the molecule is CC[P+](C)(C)C12CC3CC(CC(C3)C1)C2.[I-]. The lowest BCUT2D eigenvalue weighted by atomic mass is 9.56. The molecule has 4 aliphatic rings. The molecule has 0 N–H and O–H groups in total. The fourth-order valence-corrected chi connectivity index (χ4v) is 8.07. The van der Waals surface area contributed by atoms with Gasteiger partial charge in [-0.1, -0.05) is 0 Å². The third-order valence-corrected chi connectivity index (χ3v) is 10.8. The van der Waals surface area contributed by atoms with Crippen molar-refractivity contribution in [3.8, 4) is 0 Å². The van der Waals surface area contributed by atoms with Crippen LogP contribution in [0.4, 0.5) is 0 Å². The third kappa shape index (κ3) is 1.88. The minimum absolute atomic E-state index is 0. The van der Waals surface area contributed by atoms with Crippen LogP contribution < -0.4 is 24.0 Å². The van der Waals surface area contributed by atoms with E-state index in [0.717, 1.165) is 22.9 Å². The quantitative estimate of drug-likeness (QED) is 0.519. The lowest BCUT2D eigenvalue weighted by Gasteiger charge is -2.58. The van der Waals surface area contributed by atoms with Gasteiger partial charge in [-0.3, -0.25) is 0 Å². The second-order valence-corrected chi connectivity index (χ2v) is 12.1. The Balaban J connectivity index is 0.000000963. The smallest absolute Gasteiger partial charge is 0.0802 e. The summed E-state index contributed by atoms with van der Waals surface area (Å²) in [5.74, 6) is 3.42. The van der Waals surface area contributed by atoms with Gasteiger partial charge in [0.05, 0.1) is 11.3 Å². The molecule has 4 saturated carbocycles. The van der Waals surface area contributed by atoms with E-state index >= 15 is 0 Å². The molecule has 0 nitrogen and oxygen atoms in total. The Hall–Kier alpha value is 1.16. The maximum atomic E-state index is 2.65. The van der Waals surface area contributed by atoms with Crippen LogP contribution in [-0.4, -0.2) is 24.6 Å². The molecule has 0 heterocycles. The molecule has 0 aromatic rings. The second kappa shape index (κ2) is 4.37. The van der Waals surface area contributed by atoms with E-state index in [9.17, 15) is 0 Å². The van der Waals surface area contributed by atoms with E-state index in [1.165, 1.54) is 6.16 Å². The van der Waals surface area contributed by atoms with Crippen molar-refractivity contribution in [1.29, 1.82) is 0 Å². The van der Waals surface area contributed by atoms with Gasteiger partial charge in [0, 0.05) is 20.6 Å². The standard InChI is InChI=1S/C14H26P.HI/c1-4-15(2,3)14-8-11-5-12(9-14)7-13(6-11)10-14;/h11-13H,4-10H2,1-3H3;1H/q+1;/p-1. The normalized spacial score (nSPS) is 45.6. The average molecular weight is 352 g/mol. The molecular weight excluding hydrogens is 326 g/mol. The van der Waals surface area contributed by atoms with Crippen molar-refractivity contribution in [3.05, 3.63) is 0 Å². The lowest BCUT2D eigenvalue weighted by Crippen LogP contribution is -3.00. The highest BCUT2D eigenvalue weighted by molar-refractivity contribution is 7.75. The third-order valence-electron chi connectivity index (χ3n) is 6.08. The lowest BCUT2D eigenvalue weighted by molar-refractivity contribution is -0.00000595. The van der Waals surface area contributed by atoms with Gasteiger partial charge in [-0.05, 0) is 63.2 Å². The predicted octanol–water partition coefficient (Wildman–Crippen LogP) is 1.26. The Morgan fingerprint density at radius 1 is 0.938 bits per heavy atom. The Morgan fingerprint density at radius 3 is 1.62 bits per heavy atom. The molecule has 4 bridgehead atoms. The summed E-state index contributed by atoms with van der Waals surface area (Å²) in [6, 6.07) is 0. The molecule has 0 aromatic carbocycles. The molecular formula is C14H26IP. The molecule has 0 aliphatic heterocycles. The van der Waals surface area contributed by atoms with Crippen molar-refractivity contribution in [1.82, 2.24) is 0 Å². The van der Waals surface area contributed by atoms with E-state index in [1.807, 2.05) is 0 Å². The highest BCUT2D eigenvalue weighted by atomic mass is 127. The molecule has 0 atom stereocenters. The van der Waals surface area contributed by atoms with Gasteiger partial charge in [-0.15, -0.1) is 0 Å². The molecule has 2 heteroatoms. The summed E-state index contributed by atoms with van der Waals surface area (Å²) in [6.45, 7) is 7.76. The monoisotopic (exact) mass is 352 g/mol. The second-order valence-electron chi connectivity index (χ2n) is 7.14. The number of halogens is 1. The van der Waals surface area contributed by atoms with Crippen LogP contribution >= 0.6 is 7.26 Å². The van der Waals surface area contributed by atoms with Gasteiger partial charge in [0.25, 0.3) is 0 Å². The van der Waals surface area contributed by atoms with Crippen LogP contribution in [0.15, 0.2) is 0 Å². The summed E-state index contributed by atoms with van der Waals surface area (Å²) in [7, 11) is -0.623. The predicted molar refractivity (Wildman–Crippen MR) is 70.2 cm³/mol. The van der Waals surface area contributed by atoms with E-state index in [4.69, 9.17) is 0 Å². The zero-order valence-electron chi connectivity index (χ0n) is 11.0. The van der Waals surface area contributed by atoms with Gasteiger partial charge in [0.15, 0.2) is 0 Å². The molecule has 0 radical (unpaired) electrons. The van der Waals surface area contributed by atoms with E-state index in [2.05, 4.69) is 20.3 Å². The van der Waals surface area contributed by atoms with Gasteiger partial charge < -0.3 is 24.0 Å². The van der Waals surface area contributed by atoms with Gasteiger partial charge in [0.2, 0.25) is 0 Å². The van der Waals surface area contributed by atoms with Crippen molar-refractivity contribution in [2.24, 2.45) is 17.8 Å². The number of hydrogen-bond donors (Lipinski definition) is 0. The van der Waals surface area contributed by atoms with Gasteiger partial charge >= 0.3 is 0 Å². The van der Waals surface area contributed by atoms with Crippen molar-refractivity contribution < 1.29 is 24.0 Å². The first kappa shape index (κ1) is 13.6. The van der Waals surface area contributed by atoms with Crippen LogP contribution in [0, 0.1) is 17.8 Å². The summed E-state index contributed by atoms with van der Waals surface area (Å²) in [5.41, 5.74) is 0. The first-order valence-electron chi connectivity index (χ1n) is 6.88. The van der Waals surface area contributed by atoms with E-state index in [0.29, 0.717) is 0 Å².